The molecule has 0 amide bonds. The lowest BCUT2D eigenvalue weighted by atomic mass is 10.6. The molecule has 0 saturated heterocycles. The van der Waals surface area contributed by atoms with Crippen molar-refractivity contribution in [3.05, 3.63) is 12.7 Å². The smallest absolute Gasteiger partial charge is 0.374 e. The number of hydrogen-bond donors (Lipinski definition) is 0. The molecule has 0 N–H and O–H groups in total. The Morgan fingerprint density at radius 3 is 2.05 bits per heavy atom. The van der Waals surface area contributed by atoms with Crippen LogP contribution in [0.4, 0.5) is 0 Å². The van der Waals surface area contributed by atoms with E-state index in [4.69, 9.17) is 13.3 Å². The summed E-state index contributed by atoms with van der Waals surface area (Å²) in [6.07, 6.45) is 3.96. The van der Waals surface area contributed by atoms with Gasteiger partial charge in [0.15, 0.2) is 5.16 Å². The first-order valence-electron chi connectivity index (χ1n) is 6.93. The second kappa shape index (κ2) is 10.2. The largest absolute Gasteiger partial charge is 0.500 e. The molecule has 114 valence electrons. The molecule has 0 aliphatic rings. The summed E-state index contributed by atoms with van der Waals surface area (Å²) in [7, 11) is -2.50. The lowest BCUT2D eigenvalue weighted by Gasteiger charge is -2.28. The van der Waals surface area contributed by atoms with Gasteiger partial charge in [-0.15, -0.1) is 0 Å². The minimum absolute atomic E-state index is 0.618. The summed E-state index contributed by atoms with van der Waals surface area (Å²) in [6.45, 7) is 7.77. The highest BCUT2D eigenvalue weighted by atomic mass is 32.2. The molecule has 0 fully saturated rings. The van der Waals surface area contributed by atoms with Crippen molar-refractivity contribution in [2.45, 2.75) is 38.4 Å². The molecule has 20 heavy (non-hydrogen) atoms. The molecule has 6 nitrogen and oxygen atoms in total. The third kappa shape index (κ3) is 6.27. The van der Waals surface area contributed by atoms with Gasteiger partial charge in [-0.25, -0.2) is 15.0 Å². The molecule has 1 aromatic heterocycles. The van der Waals surface area contributed by atoms with Gasteiger partial charge in [0.1, 0.15) is 12.7 Å². The fourth-order valence-electron chi connectivity index (χ4n) is 1.76. The van der Waals surface area contributed by atoms with E-state index in [2.05, 4.69) is 15.0 Å². The fraction of sp³-hybridized carbons (Fsp3) is 0.750. The summed E-state index contributed by atoms with van der Waals surface area (Å²) in [6, 6.07) is 0.820. The molecular formula is C12H23N3O3SSi. The highest BCUT2D eigenvalue weighted by molar-refractivity contribution is 7.99. The predicted molar refractivity (Wildman–Crippen MR) is 80.6 cm³/mol. The number of hydrogen-bond acceptors (Lipinski definition) is 7. The minimum atomic E-state index is -2.50. The van der Waals surface area contributed by atoms with Gasteiger partial charge in [0.25, 0.3) is 0 Å². The molecule has 0 bridgehead atoms. The Morgan fingerprint density at radius 1 is 1.00 bits per heavy atom. The molecule has 0 radical (unpaired) electrons. The van der Waals surface area contributed by atoms with E-state index in [-0.39, 0.29) is 0 Å². The van der Waals surface area contributed by atoms with Crippen LogP contribution in [0, 0.1) is 0 Å². The van der Waals surface area contributed by atoms with Crippen molar-refractivity contribution in [2.75, 3.05) is 25.6 Å². The van der Waals surface area contributed by atoms with Gasteiger partial charge in [-0.05, 0) is 27.2 Å². The lowest BCUT2D eigenvalue weighted by molar-refractivity contribution is 0.0712. The van der Waals surface area contributed by atoms with Crippen LogP contribution in [0.1, 0.15) is 27.2 Å². The number of aromatic nitrogens is 3. The maximum atomic E-state index is 5.81. The molecule has 0 aliphatic carbocycles. The summed E-state index contributed by atoms with van der Waals surface area (Å²) in [5.74, 6) is 0.909. The predicted octanol–water partition coefficient (Wildman–Crippen LogP) is 2.40. The summed E-state index contributed by atoms with van der Waals surface area (Å²) >= 11 is 1.61. The molecule has 8 heteroatoms. The number of nitrogens with zero attached hydrogens (tertiary/aromatic N) is 3. The Balaban J connectivity index is 2.40. The zero-order valence-corrected chi connectivity index (χ0v) is 14.2. The zero-order chi connectivity index (χ0) is 14.7. The van der Waals surface area contributed by atoms with E-state index in [1.54, 1.807) is 11.8 Å². The normalized spacial score (nSPS) is 11.8. The Hall–Kier alpha value is -0.543. The quantitative estimate of drug-likeness (QED) is 0.353. The third-order valence-corrected chi connectivity index (χ3v) is 6.53. The van der Waals surface area contributed by atoms with E-state index in [0.29, 0.717) is 19.8 Å². The first-order chi connectivity index (χ1) is 9.76. The van der Waals surface area contributed by atoms with E-state index < -0.39 is 8.80 Å². The van der Waals surface area contributed by atoms with Crippen LogP contribution in [0.25, 0.3) is 0 Å². The van der Waals surface area contributed by atoms with E-state index in [1.807, 2.05) is 20.8 Å². The van der Waals surface area contributed by atoms with Gasteiger partial charge in [0, 0.05) is 31.6 Å². The molecule has 1 heterocycles. The van der Waals surface area contributed by atoms with Crippen molar-refractivity contribution in [1.82, 2.24) is 15.0 Å². The van der Waals surface area contributed by atoms with Crippen molar-refractivity contribution in [3.63, 3.8) is 0 Å². The van der Waals surface area contributed by atoms with Crippen LogP contribution >= 0.6 is 11.8 Å². The molecule has 0 unspecified atom stereocenters. The van der Waals surface area contributed by atoms with Crippen molar-refractivity contribution < 1.29 is 13.3 Å². The summed E-state index contributed by atoms with van der Waals surface area (Å²) in [4.78, 5) is 12.0. The average Bonchev–Trinajstić information content (AvgIpc) is 2.46. The van der Waals surface area contributed by atoms with Gasteiger partial charge >= 0.3 is 8.80 Å². The van der Waals surface area contributed by atoms with Gasteiger partial charge in [-0.2, -0.15) is 0 Å². The van der Waals surface area contributed by atoms with Crippen LogP contribution < -0.4 is 0 Å². The lowest BCUT2D eigenvalue weighted by Crippen LogP contribution is -2.46. The number of thioether (sulfide) groups is 1. The standard InChI is InChI=1S/C12H23N3O3SSi/c1-4-16-20(17-5-2,18-6-3)9-7-8-19-12-14-10-13-11-15-12/h10-11H,4-9H2,1-3H3. The Bertz CT molecular complexity index is 342. The third-order valence-electron chi connectivity index (χ3n) is 2.42. The SMILES string of the molecule is CCO[Si](CCCSc1ncncn1)(OCC)OCC. The monoisotopic (exact) mass is 317 g/mol. The van der Waals surface area contributed by atoms with E-state index in [9.17, 15) is 0 Å². The molecule has 1 aromatic rings. The molecule has 0 atom stereocenters. The maximum absolute atomic E-state index is 5.81. The van der Waals surface area contributed by atoms with Gasteiger partial charge < -0.3 is 13.3 Å². The van der Waals surface area contributed by atoms with Crippen molar-refractivity contribution in [1.29, 1.82) is 0 Å². The highest BCUT2D eigenvalue weighted by Crippen LogP contribution is 2.21. The Kier molecular flexibility index (Phi) is 8.95. The number of rotatable bonds is 11. The molecular weight excluding hydrogens is 294 g/mol. The van der Waals surface area contributed by atoms with Crippen LogP contribution in [0.3, 0.4) is 0 Å². The summed E-state index contributed by atoms with van der Waals surface area (Å²) in [5, 5.41) is 0.747. The first-order valence-corrected chi connectivity index (χ1v) is 9.84. The average molecular weight is 317 g/mol. The molecule has 0 spiro atoms. The van der Waals surface area contributed by atoms with Crippen LogP contribution in [0.15, 0.2) is 17.8 Å². The molecule has 0 saturated carbocycles. The van der Waals surface area contributed by atoms with E-state index in [0.717, 1.165) is 23.4 Å². The fourth-order valence-corrected chi connectivity index (χ4v) is 5.34. The van der Waals surface area contributed by atoms with Crippen molar-refractivity contribution in [3.8, 4) is 0 Å². The minimum Gasteiger partial charge on any atom is -0.374 e. The topological polar surface area (TPSA) is 66.4 Å². The van der Waals surface area contributed by atoms with Crippen molar-refractivity contribution in [2.24, 2.45) is 0 Å². The summed E-state index contributed by atoms with van der Waals surface area (Å²) in [5.41, 5.74) is 0. The molecule has 0 aliphatic heterocycles. The van der Waals surface area contributed by atoms with Gasteiger partial charge in [-0.3, -0.25) is 0 Å². The second-order valence-electron chi connectivity index (χ2n) is 3.85. The van der Waals surface area contributed by atoms with E-state index in [1.165, 1.54) is 12.7 Å². The van der Waals surface area contributed by atoms with Crippen LogP contribution in [0.2, 0.25) is 6.04 Å². The molecule has 1 rings (SSSR count). The summed E-state index contributed by atoms with van der Waals surface area (Å²) < 4.78 is 17.4. The van der Waals surface area contributed by atoms with Crippen LogP contribution in [0.5, 0.6) is 0 Å². The van der Waals surface area contributed by atoms with Gasteiger partial charge in [-0.1, -0.05) is 11.8 Å². The van der Waals surface area contributed by atoms with Crippen LogP contribution in [-0.4, -0.2) is 49.3 Å². The highest BCUT2D eigenvalue weighted by Gasteiger charge is 2.39. The van der Waals surface area contributed by atoms with E-state index >= 15 is 0 Å². The first kappa shape index (κ1) is 17.5. The van der Waals surface area contributed by atoms with Gasteiger partial charge in [0.2, 0.25) is 0 Å². The molecule has 0 aromatic carbocycles. The maximum Gasteiger partial charge on any atom is 0.500 e. The zero-order valence-electron chi connectivity index (χ0n) is 12.4. The second-order valence-corrected chi connectivity index (χ2v) is 7.65. The van der Waals surface area contributed by atoms with Crippen molar-refractivity contribution >= 4 is 20.6 Å². The Labute approximate surface area is 126 Å². The van der Waals surface area contributed by atoms with Gasteiger partial charge in [0.05, 0.1) is 0 Å². The Morgan fingerprint density at radius 2 is 1.55 bits per heavy atom. The van der Waals surface area contributed by atoms with Crippen LogP contribution in [-0.2, 0) is 13.3 Å².